The van der Waals surface area contributed by atoms with Crippen LogP contribution in [0, 0.1) is 6.92 Å². The zero-order chi connectivity index (χ0) is 22.1. The van der Waals surface area contributed by atoms with Crippen LogP contribution in [0.2, 0.25) is 5.02 Å². The molecule has 7 heteroatoms. The standard InChI is InChI=1S/C21H22ClN3O3.C2H6/c1-12-17(18-14(22)7-8-23-19(18)24-12)13-5-6-16-15(11-13)25(9-10-27-16)20(26)28-21(2,3)4;1-2/h5-8,11H,9-10H2,1-4H3,(H,23,24);1-2H3. The molecule has 0 bridgehead atoms. The normalized spacial score (nSPS) is 13.2. The Labute approximate surface area is 182 Å². The fourth-order valence-electron chi connectivity index (χ4n) is 3.44. The van der Waals surface area contributed by atoms with Gasteiger partial charge in [0, 0.05) is 22.8 Å². The summed E-state index contributed by atoms with van der Waals surface area (Å²) >= 11 is 6.45. The number of nitrogens with zero attached hydrogens (tertiary/aromatic N) is 2. The van der Waals surface area contributed by atoms with Crippen LogP contribution in [0.3, 0.4) is 0 Å². The number of benzene rings is 1. The molecular formula is C23H28ClN3O3. The number of carbonyl (C=O) groups excluding carboxylic acids is 1. The van der Waals surface area contributed by atoms with Crippen molar-refractivity contribution in [3.05, 3.63) is 41.2 Å². The number of fused-ring (bicyclic) bond motifs is 2. The third kappa shape index (κ3) is 4.24. The monoisotopic (exact) mass is 429 g/mol. The number of carbonyl (C=O) groups is 1. The third-order valence-corrected chi connectivity index (χ3v) is 4.87. The Balaban J connectivity index is 0.00000124. The Morgan fingerprint density at radius 1 is 1.27 bits per heavy atom. The summed E-state index contributed by atoms with van der Waals surface area (Å²) < 4.78 is 11.3. The second kappa shape index (κ2) is 8.56. The molecule has 2 aromatic heterocycles. The number of hydrogen-bond donors (Lipinski definition) is 1. The van der Waals surface area contributed by atoms with Crippen molar-refractivity contribution in [3.8, 4) is 16.9 Å². The number of halogens is 1. The molecule has 30 heavy (non-hydrogen) atoms. The van der Waals surface area contributed by atoms with Crippen LogP contribution in [-0.4, -0.2) is 34.8 Å². The van der Waals surface area contributed by atoms with E-state index in [0.717, 1.165) is 27.9 Å². The number of ether oxygens (including phenoxy) is 2. The smallest absolute Gasteiger partial charge is 0.415 e. The van der Waals surface area contributed by atoms with E-state index in [0.29, 0.717) is 29.6 Å². The van der Waals surface area contributed by atoms with Crippen LogP contribution < -0.4 is 9.64 Å². The van der Waals surface area contributed by atoms with Gasteiger partial charge in [-0.15, -0.1) is 0 Å². The molecule has 0 unspecified atom stereocenters. The van der Waals surface area contributed by atoms with Crippen LogP contribution in [0.25, 0.3) is 22.2 Å². The quantitative estimate of drug-likeness (QED) is 0.489. The van der Waals surface area contributed by atoms with Gasteiger partial charge < -0.3 is 14.5 Å². The van der Waals surface area contributed by atoms with Gasteiger partial charge in [-0.1, -0.05) is 31.5 Å². The van der Waals surface area contributed by atoms with E-state index in [1.807, 2.05) is 59.7 Å². The molecule has 1 aliphatic rings. The van der Waals surface area contributed by atoms with E-state index in [4.69, 9.17) is 21.1 Å². The number of aromatic nitrogens is 2. The van der Waals surface area contributed by atoms with E-state index >= 15 is 0 Å². The highest BCUT2D eigenvalue weighted by atomic mass is 35.5. The van der Waals surface area contributed by atoms with E-state index in [1.54, 1.807) is 17.2 Å². The lowest BCUT2D eigenvalue weighted by Crippen LogP contribution is -2.41. The number of rotatable bonds is 1. The van der Waals surface area contributed by atoms with Gasteiger partial charge in [0.2, 0.25) is 0 Å². The van der Waals surface area contributed by atoms with E-state index in [-0.39, 0.29) is 6.09 Å². The SMILES string of the molecule is CC.Cc1[nH]c2nccc(Cl)c2c1-c1ccc2c(c1)N(C(=O)OC(C)(C)C)CCO2. The van der Waals surface area contributed by atoms with Crippen molar-refractivity contribution < 1.29 is 14.3 Å². The molecule has 0 spiro atoms. The Morgan fingerprint density at radius 2 is 2.00 bits per heavy atom. The Hall–Kier alpha value is -2.73. The molecule has 0 saturated heterocycles. The summed E-state index contributed by atoms with van der Waals surface area (Å²) in [5.74, 6) is 0.655. The molecule has 3 aromatic rings. The first kappa shape index (κ1) is 22.0. The summed E-state index contributed by atoms with van der Waals surface area (Å²) in [5, 5.41) is 1.49. The highest BCUT2D eigenvalue weighted by Gasteiger charge is 2.29. The second-order valence-electron chi connectivity index (χ2n) is 7.80. The fourth-order valence-corrected chi connectivity index (χ4v) is 3.68. The first-order chi connectivity index (χ1) is 14.2. The highest BCUT2D eigenvalue weighted by Crippen LogP contribution is 2.41. The molecule has 3 heterocycles. The summed E-state index contributed by atoms with van der Waals surface area (Å²) in [6.45, 7) is 12.4. The number of amides is 1. The molecule has 0 saturated carbocycles. The van der Waals surface area contributed by atoms with Gasteiger partial charge in [-0.05, 0) is 51.5 Å². The molecule has 6 nitrogen and oxygen atoms in total. The van der Waals surface area contributed by atoms with Gasteiger partial charge in [-0.2, -0.15) is 0 Å². The molecule has 1 N–H and O–H groups in total. The van der Waals surface area contributed by atoms with Crippen molar-refractivity contribution in [2.75, 3.05) is 18.1 Å². The van der Waals surface area contributed by atoms with Crippen molar-refractivity contribution in [2.45, 2.75) is 47.1 Å². The topological polar surface area (TPSA) is 67.5 Å². The average Bonchev–Trinajstić information content (AvgIpc) is 3.04. The lowest BCUT2D eigenvalue weighted by atomic mass is 10.0. The summed E-state index contributed by atoms with van der Waals surface area (Å²) in [6.07, 6.45) is 1.29. The van der Waals surface area contributed by atoms with Crippen molar-refractivity contribution >= 4 is 34.4 Å². The molecule has 0 aliphatic carbocycles. The van der Waals surface area contributed by atoms with Gasteiger partial charge in [0.15, 0.2) is 0 Å². The molecule has 4 rings (SSSR count). The summed E-state index contributed by atoms with van der Waals surface area (Å²) in [6, 6.07) is 7.56. The average molecular weight is 430 g/mol. The molecule has 160 valence electrons. The lowest BCUT2D eigenvalue weighted by Gasteiger charge is -2.32. The molecular weight excluding hydrogens is 402 g/mol. The Bertz CT molecular complexity index is 1070. The maximum Gasteiger partial charge on any atom is 0.415 e. The van der Waals surface area contributed by atoms with Crippen molar-refractivity contribution in [2.24, 2.45) is 0 Å². The lowest BCUT2D eigenvalue weighted by molar-refractivity contribution is 0.0568. The minimum Gasteiger partial charge on any atom is -0.490 e. The summed E-state index contributed by atoms with van der Waals surface area (Å²) in [7, 11) is 0. The number of pyridine rings is 1. The van der Waals surface area contributed by atoms with Gasteiger partial charge in [-0.3, -0.25) is 4.90 Å². The highest BCUT2D eigenvalue weighted by molar-refractivity contribution is 6.36. The summed E-state index contributed by atoms with van der Waals surface area (Å²) in [4.78, 5) is 22.0. The third-order valence-electron chi connectivity index (χ3n) is 4.56. The van der Waals surface area contributed by atoms with Crippen LogP contribution in [0.5, 0.6) is 5.75 Å². The fraction of sp³-hybridized carbons (Fsp3) is 0.391. The molecule has 0 atom stereocenters. The molecule has 1 aromatic carbocycles. The van der Waals surface area contributed by atoms with E-state index in [1.165, 1.54) is 0 Å². The van der Waals surface area contributed by atoms with Crippen molar-refractivity contribution in [3.63, 3.8) is 0 Å². The van der Waals surface area contributed by atoms with Gasteiger partial charge in [0.25, 0.3) is 0 Å². The van der Waals surface area contributed by atoms with E-state index in [9.17, 15) is 4.79 Å². The van der Waals surface area contributed by atoms with E-state index < -0.39 is 5.60 Å². The number of hydrogen-bond acceptors (Lipinski definition) is 4. The molecule has 0 radical (unpaired) electrons. The number of H-pyrrole nitrogens is 1. The molecule has 0 fully saturated rings. The minimum atomic E-state index is -0.570. The number of nitrogens with one attached hydrogen (secondary N) is 1. The minimum absolute atomic E-state index is 0.385. The van der Waals surface area contributed by atoms with Crippen LogP contribution in [-0.2, 0) is 4.74 Å². The predicted molar refractivity (Wildman–Crippen MR) is 122 cm³/mol. The van der Waals surface area contributed by atoms with E-state index in [2.05, 4.69) is 9.97 Å². The molecule has 1 aliphatic heterocycles. The summed E-state index contributed by atoms with van der Waals surface area (Å²) in [5.41, 5.74) is 3.70. The first-order valence-corrected chi connectivity index (χ1v) is 10.5. The number of aromatic amines is 1. The first-order valence-electron chi connectivity index (χ1n) is 10.1. The van der Waals surface area contributed by atoms with Crippen molar-refractivity contribution in [1.29, 1.82) is 0 Å². The zero-order valence-electron chi connectivity index (χ0n) is 18.3. The van der Waals surface area contributed by atoms with Gasteiger partial charge in [0.05, 0.1) is 17.3 Å². The van der Waals surface area contributed by atoms with Crippen LogP contribution >= 0.6 is 11.6 Å². The maximum atomic E-state index is 12.7. The Kier molecular flexibility index (Phi) is 6.27. The number of anilines is 1. The molecule has 1 amide bonds. The second-order valence-corrected chi connectivity index (χ2v) is 8.21. The predicted octanol–water partition coefficient (Wildman–Crippen LogP) is 6.35. The van der Waals surface area contributed by atoms with Gasteiger partial charge >= 0.3 is 6.09 Å². The van der Waals surface area contributed by atoms with Crippen molar-refractivity contribution in [1.82, 2.24) is 9.97 Å². The van der Waals surface area contributed by atoms with Crippen LogP contribution in [0.4, 0.5) is 10.5 Å². The largest absolute Gasteiger partial charge is 0.490 e. The zero-order valence-corrected chi connectivity index (χ0v) is 19.1. The van der Waals surface area contributed by atoms with Gasteiger partial charge in [-0.25, -0.2) is 9.78 Å². The Morgan fingerprint density at radius 3 is 2.70 bits per heavy atom. The number of aryl methyl sites for hydroxylation is 1. The van der Waals surface area contributed by atoms with Crippen LogP contribution in [0.1, 0.15) is 40.3 Å². The van der Waals surface area contributed by atoms with Gasteiger partial charge in [0.1, 0.15) is 23.6 Å². The maximum absolute atomic E-state index is 12.7. The van der Waals surface area contributed by atoms with Crippen LogP contribution in [0.15, 0.2) is 30.5 Å².